The van der Waals surface area contributed by atoms with Crippen molar-refractivity contribution in [3.8, 4) is 11.8 Å². The first-order valence-electron chi connectivity index (χ1n) is 5.54. The Morgan fingerprint density at radius 3 is 2.75 bits per heavy atom. The SMILES string of the molecule is COc1cc(Nc2cnc(C#N)cn2)ccc1C(=O)O. The Kier molecular flexibility index (Phi) is 3.77. The van der Waals surface area contributed by atoms with Crippen LogP contribution in [-0.2, 0) is 0 Å². The highest BCUT2D eigenvalue weighted by atomic mass is 16.5. The topological polar surface area (TPSA) is 108 Å². The molecule has 0 fully saturated rings. The number of carboxylic acid groups (broad SMARTS) is 1. The maximum atomic E-state index is 11.0. The lowest BCUT2D eigenvalue weighted by molar-refractivity contribution is 0.0693. The number of nitriles is 1. The van der Waals surface area contributed by atoms with E-state index in [0.717, 1.165) is 0 Å². The number of nitrogens with one attached hydrogen (secondary N) is 1. The van der Waals surface area contributed by atoms with Gasteiger partial charge < -0.3 is 15.2 Å². The lowest BCUT2D eigenvalue weighted by Crippen LogP contribution is -2.02. The Hall–Kier alpha value is -3.14. The van der Waals surface area contributed by atoms with Crippen molar-refractivity contribution in [2.24, 2.45) is 0 Å². The van der Waals surface area contributed by atoms with Gasteiger partial charge in [-0.2, -0.15) is 5.26 Å². The van der Waals surface area contributed by atoms with Gasteiger partial charge in [0.1, 0.15) is 23.2 Å². The van der Waals surface area contributed by atoms with Crippen LogP contribution >= 0.6 is 0 Å². The summed E-state index contributed by atoms with van der Waals surface area (Å²) in [5.74, 6) is -0.384. The molecule has 0 aliphatic rings. The molecule has 1 aromatic carbocycles. The number of methoxy groups -OCH3 is 1. The zero-order chi connectivity index (χ0) is 14.5. The Balaban J connectivity index is 2.25. The first-order valence-corrected chi connectivity index (χ1v) is 5.54. The third-order valence-electron chi connectivity index (χ3n) is 2.47. The molecule has 0 saturated carbocycles. The molecule has 0 radical (unpaired) electrons. The number of benzene rings is 1. The van der Waals surface area contributed by atoms with E-state index in [9.17, 15) is 4.79 Å². The summed E-state index contributed by atoms with van der Waals surface area (Å²) in [6, 6.07) is 6.43. The lowest BCUT2D eigenvalue weighted by Gasteiger charge is -2.09. The molecule has 2 rings (SSSR count). The standard InChI is InChI=1S/C13H10N4O3/c1-20-11-4-8(2-3-10(11)13(18)19)17-12-7-15-9(5-14)6-16-12/h2-4,6-7H,1H3,(H,16,17)(H,18,19). The van der Waals surface area contributed by atoms with Crippen molar-refractivity contribution < 1.29 is 14.6 Å². The van der Waals surface area contributed by atoms with Crippen LogP contribution in [0.25, 0.3) is 0 Å². The largest absolute Gasteiger partial charge is 0.496 e. The molecule has 2 N–H and O–H groups in total. The molecule has 1 aromatic heterocycles. The number of hydrogen-bond acceptors (Lipinski definition) is 6. The molecular weight excluding hydrogens is 260 g/mol. The number of ether oxygens (including phenoxy) is 1. The summed E-state index contributed by atoms with van der Waals surface area (Å²) < 4.78 is 5.02. The fraction of sp³-hybridized carbons (Fsp3) is 0.0769. The average Bonchev–Trinajstić information content (AvgIpc) is 2.47. The van der Waals surface area contributed by atoms with E-state index in [1.165, 1.54) is 25.6 Å². The third-order valence-corrected chi connectivity index (χ3v) is 2.47. The van der Waals surface area contributed by atoms with Gasteiger partial charge >= 0.3 is 5.97 Å². The molecule has 100 valence electrons. The van der Waals surface area contributed by atoms with Crippen molar-refractivity contribution in [1.82, 2.24) is 9.97 Å². The van der Waals surface area contributed by atoms with E-state index < -0.39 is 5.97 Å². The highest BCUT2D eigenvalue weighted by Crippen LogP contribution is 2.24. The van der Waals surface area contributed by atoms with Gasteiger partial charge in [-0.15, -0.1) is 0 Å². The van der Waals surface area contributed by atoms with Gasteiger partial charge in [0.15, 0.2) is 5.69 Å². The fourth-order valence-electron chi connectivity index (χ4n) is 1.54. The monoisotopic (exact) mass is 270 g/mol. The summed E-state index contributed by atoms with van der Waals surface area (Å²) in [6.07, 6.45) is 2.75. The van der Waals surface area contributed by atoms with Crippen LogP contribution in [-0.4, -0.2) is 28.2 Å². The number of hydrogen-bond donors (Lipinski definition) is 2. The smallest absolute Gasteiger partial charge is 0.339 e. The maximum Gasteiger partial charge on any atom is 0.339 e. The molecule has 20 heavy (non-hydrogen) atoms. The maximum absolute atomic E-state index is 11.0. The zero-order valence-electron chi connectivity index (χ0n) is 10.5. The minimum atomic E-state index is -1.06. The van der Waals surface area contributed by atoms with E-state index in [2.05, 4.69) is 15.3 Å². The van der Waals surface area contributed by atoms with Gasteiger partial charge in [0.2, 0.25) is 0 Å². The van der Waals surface area contributed by atoms with Gasteiger partial charge in [-0.05, 0) is 12.1 Å². The molecule has 0 aliphatic heterocycles. The molecule has 7 heteroatoms. The zero-order valence-corrected chi connectivity index (χ0v) is 10.5. The van der Waals surface area contributed by atoms with E-state index in [1.54, 1.807) is 12.1 Å². The molecule has 0 amide bonds. The van der Waals surface area contributed by atoms with Crippen molar-refractivity contribution in [3.05, 3.63) is 41.9 Å². The molecule has 0 unspecified atom stereocenters. The number of rotatable bonds is 4. The molecule has 0 aliphatic carbocycles. The Labute approximate surface area is 114 Å². The average molecular weight is 270 g/mol. The predicted molar refractivity (Wildman–Crippen MR) is 70.0 cm³/mol. The van der Waals surface area contributed by atoms with E-state index in [-0.39, 0.29) is 17.0 Å². The summed E-state index contributed by atoms with van der Waals surface area (Å²) in [7, 11) is 1.40. The Morgan fingerprint density at radius 1 is 1.40 bits per heavy atom. The molecule has 0 saturated heterocycles. The van der Waals surface area contributed by atoms with E-state index in [0.29, 0.717) is 11.5 Å². The second-order valence-corrected chi connectivity index (χ2v) is 3.74. The molecule has 0 bridgehead atoms. The van der Waals surface area contributed by atoms with Crippen LogP contribution < -0.4 is 10.1 Å². The molecule has 2 aromatic rings. The summed E-state index contributed by atoms with van der Waals surface area (Å²) in [6.45, 7) is 0. The van der Waals surface area contributed by atoms with Gasteiger partial charge in [-0.25, -0.2) is 14.8 Å². The van der Waals surface area contributed by atoms with Crippen molar-refractivity contribution in [2.75, 3.05) is 12.4 Å². The predicted octanol–water partition coefficient (Wildman–Crippen LogP) is 1.80. The summed E-state index contributed by atoms with van der Waals surface area (Å²) in [5.41, 5.74) is 0.893. The molecular formula is C13H10N4O3. The number of carbonyl (C=O) groups is 1. The molecule has 0 spiro atoms. The summed E-state index contributed by atoms with van der Waals surface area (Å²) >= 11 is 0. The lowest BCUT2D eigenvalue weighted by atomic mass is 10.2. The Morgan fingerprint density at radius 2 is 2.20 bits per heavy atom. The number of aromatic nitrogens is 2. The minimum Gasteiger partial charge on any atom is -0.496 e. The molecule has 1 heterocycles. The van der Waals surface area contributed by atoms with E-state index >= 15 is 0 Å². The normalized spacial score (nSPS) is 9.60. The van der Waals surface area contributed by atoms with Crippen molar-refractivity contribution in [3.63, 3.8) is 0 Å². The van der Waals surface area contributed by atoms with E-state index in [4.69, 9.17) is 15.1 Å². The van der Waals surface area contributed by atoms with Crippen LogP contribution in [0.4, 0.5) is 11.5 Å². The van der Waals surface area contributed by atoms with Crippen molar-refractivity contribution in [2.45, 2.75) is 0 Å². The Bertz CT molecular complexity index is 677. The minimum absolute atomic E-state index is 0.0731. The number of aromatic carboxylic acids is 1. The molecule has 0 atom stereocenters. The highest BCUT2D eigenvalue weighted by molar-refractivity contribution is 5.91. The highest BCUT2D eigenvalue weighted by Gasteiger charge is 2.11. The first-order chi connectivity index (χ1) is 9.63. The van der Waals surface area contributed by atoms with Crippen LogP contribution in [0, 0.1) is 11.3 Å². The van der Waals surface area contributed by atoms with Crippen molar-refractivity contribution in [1.29, 1.82) is 5.26 Å². The summed E-state index contributed by atoms with van der Waals surface area (Å²) in [5, 5.41) is 20.5. The van der Waals surface area contributed by atoms with Gasteiger partial charge in [-0.1, -0.05) is 0 Å². The number of nitrogens with zero attached hydrogens (tertiary/aromatic N) is 3. The molecule has 7 nitrogen and oxygen atoms in total. The van der Waals surface area contributed by atoms with Crippen LogP contribution in [0.1, 0.15) is 16.1 Å². The summed E-state index contributed by atoms with van der Waals surface area (Å²) in [4.78, 5) is 18.8. The quantitative estimate of drug-likeness (QED) is 0.871. The third kappa shape index (κ3) is 2.81. The van der Waals surface area contributed by atoms with Crippen LogP contribution in [0.15, 0.2) is 30.6 Å². The first kappa shape index (κ1) is 13.3. The van der Waals surface area contributed by atoms with Gasteiger partial charge in [0.05, 0.1) is 19.5 Å². The van der Waals surface area contributed by atoms with E-state index in [1.807, 2.05) is 6.07 Å². The second kappa shape index (κ2) is 5.67. The van der Waals surface area contributed by atoms with Gasteiger partial charge in [0, 0.05) is 11.8 Å². The van der Waals surface area contributed by atoms with Gasteiger partial charge in [0.25, 0.3) is 0 Å². The number of anilines is 2. The van der Waals surface area contributed by atoms with Crippen molar-refractivity contribution >= 4 is 17.5 Å². The van der Waals surface area contributed by atoms with Crippen LogP contribution in [0.5, 0.6) is 5.75 Å². The van der Waals surface area contributed by atoms with Crippen LogP contribution in [0.2, 0.25) is 0 Å². The fourth-order valence-corrected chi connectivity index (χ4v) is 1.54. The van der Waals surface area contributed by atoms with Crippen LogP contribution in [0.3, 0.4) is 0 Å². The second-order valence-electron chi connectivity index (χ2n) is 3.74. The number of carboxylic acids is 1. The van der Waals surface area contributed by atoms with Gasteiger partial charge in [-0.3, -0.25) is 0 Å².